The van der Waals surface area contributed by atoms with Gasteiger partial charge >= 0.3 is 0 Å². The molecule has 0 saturated carbocycles. The van der Waals surface area contributed by atoms with E-state index in [2.05, 4.69) is 16.5 Å². The highest BCUT2D eigenvalue weighted by atomic mass is 32.1. The number of fused-ring (bicyclic) bond motifs is 1. The number of imidazole rings is 1. The van der Waals surface area contributed by atoms with Crippen LogP contribution < -0.4 is 5.32 Å². The third-order valence-electron chi connectivity index (χ3n) is 2.28. The van der Waals surface area contributed by atoms with Gasteiger partial charge in [-0.05, 0) is 6.92 Å². The molecule has 0 aliphatic rings. The van der Waals surface area contributed by atoms with E-state index in [1.165, 1.54) is 0 Å². The van der Waals surface area contributed by atoms with Gasteiger partial charge in [0.1, 0.15) is 0 Å². The van der Waals surface area contributed by atoms with Crippen molar-refractivity contribution in [3.8, 4) is 0 Å². The smallest absolute Gasteiger partial charge is 0.193 e. The fraction of sp³-hybridized carbons (Fsp3) is 0.500. The number of aromatic nitrogens is 2. The van der Waals surface area contributed by atoms with Crippen LogP contribution in [0.2, 0.25) is 0 Å². The summed E-state index contributed by atoms with van der Waals surface area (Å²) in [5.74, 6) is 0. The summed E-state index contributed by atoms with van der Waals surface area (Å²) in [7, 11) is 1.72. The monoisotopic (exact) mass is 225 g/mol. The molecule has 1 atom stereocenters. The molecule has 0 fully saturated rings. The fourth-order valence-electron chi connectivity index (χ4n) is 1.35. The van der Waals surface area contributed by atoms with Crippen molar-refractivity contribution in [1.82, 2.24) is 14.7 Å². The first-order valence-corrected chi connectivity index (χ1v) is 5.82. The quantitative estimate of drug-likeness (QED) is 0.838. The second-order valence-corrected chi connectivity index (χ2v) is 4.38. The molecule has 0 bridgehead atoms. The summed E-state index contributed by atoms with van der Waals surface area (Å²) in [6.45, 7) is 3.68. The van der Waals surface area contributed by atoms with Crippen LogP contribution in [0.4, 0.5) is 0 Å². The fourth-order valence-corrected chi connectivity index (χ4v) is 2.07. The largest absolute Gasteiger partial charge is 0.380 e. The summed E-state index contributed by atoms with van der Waals surface area (Å²) in [4.78, 5) is 5.52. The second-order valence-electron chi connectivity index (χ2n) is 3.50. The van der Waals surface area contributed by atoms with Gasteiger partial charge < -0.3 is 10.1 Å². The van der Waals surface area contributed by atoms with E-state index < -0.39 is 0 Å². The van der Waals surface area contributed by atoms with E-state index in [0.29, 0.717) is 0 Å². The van der Waals surface area contributed by atoms with Gasteiger partial charge in [-0.1, -0.05) is 0 Å². The van der Waals surface area contributed by atoms with Crippen molar-refractivity contribution in [2.24, 2.45) is 0 Å². The predicted molar refractivity (Wildman–Crippen MR) is 61.2 cm³/mol. The summed E-state index contributed by atoms with van der Waals surface area (Å²) in [5.41, 5.74) is 1.07. The Hall–Kier alpha value is -0.910. The van der Waals surface area contributed by atoms with Gasteiger partial charge in [-0.15, -0.1) is 11.3 Å². The van der Waals surface area contributed by atoms with Gasteiger partial charge in [0.25, 0.3) is 0 Å². The molecule has 1 unspecified atom stereocenters. The summed E-state index contributed by atoms with van der Waals surface area (Å²) < 4.78 is 7.19. The maximum absolute atomic E-state index is 5.15. The molecule has 2 aromatic heterocycles. The molecule has 1 N–H and O–H groups in total. The van der Waals surface area contributed by atoms with E-state index in [-0.39, 0.29) is 6.10 Å². The lowest BCUT2D eigenvalue weighted by atomic mass is 10.4. The number of nitrogens with zero attached hydrogens (tertiary/aromatic N) is 2. The number of ether oxygens (including phenoxy) is 1. The molecule has 2 aromatic rings. The van der Waals surface area contributed by atoms with Crippen molar-refractivity contribution >= 4 is 16.3 Å². The van der Waals surface area contributed by atoms with Crippen LogP contribution in [0.5, 0.6) is 0 Å². The highest BCUT2D eigenvalue weighted by Gasteiger charge is 2.03. The average molecular weight is 225 g/mol. The molecule has 82 valence electrons. The van der Waals surface area contributed by atoms with Crippen LogP contribution in [0.3, 0.4) is 0 Å². The average Bonchev–Trinajstić information content (AvgIpc) is 2.77. The summed E-state index contributed by atoms with van der Waals surface area (Å²) in [5, 5.41) is 5.34. The number of methoxy groups -OCH3 is 1. The number of thiazole rings is 1. The van der Waals surface area contributed by atoms with Crippen molar-refractivity contribution < 1.29 is 4.74 Å². The van der Waals surface area contributed by atoms with Crippen molar-refractivity contribution in [3.63, 3.8) is 0 Å². The molecule has 0 aromatic carbocycles. The number of hydrogen-bond donors (Lipinski definition) is 1. The van der Waals surface area contributed by atoms with Crippen LogP contribution >= 0.6 is 11.3 Å². The zero-order chi connectivity index (χ0) is 10.7. The molecule has 5 heteroatoms. The standard InChI is InChI=1S/C10H15N3OS/c1-8(14-2)5-11-6-9-7-13-3-4-15-10(13)12-9/h3-4,7-8,11H,5-6H2,1-2H3. The Morgan fingerprint density at radius 1 is 1.67 bits per heavy atom. The van der Waals surface area contributed by atoms with Crippen LogP contribution in [0.15, 0.2) is 17.8 Å². The highest BCUT2D eigenvalue weighted by Crippen LogP contribution is 2.10. The first-order chi connectivity index (χ1) is 7.29. The minimum absolute atomic E-state index is 0.244. The highest BCUT2D eigenvalue weighted by molar-refractivity contribution is 7.15. The van der Waals surface area contributed by atoms with E-state index in [1.54, 1.807) is 18.4 Å². The Morgan fingerprint density at radius 3 is 3.27 bits per heavy atom. The van der Waals surface area contributed by atoms with Crippen LogP contribution in [-0.2, 0) is 11.3 Å². The van der Waals surface area contributed by atoms with Crippen molar-refractivity contribution in [3.05, 3.63) is 23.5 Å². The van der Waals surface area contributed by atoms with E-state index >= 15 is 0 Å². The topological polar surface area (TPSA) is 38.6 Å². The van der Waals surface area contributed by atoms with E-state index in [1.807, 2.05) is 22.9 Å². The van der Waals surface area contributed by atoms with Crippen LogP contribution in [0, 0.1) is 0 Å². The molecular weight excluding hydrogens is 210 g/mol. The zero-order valence-electron chi connectivity index (χ0n) is 8.93. The van der Waals surface area contributed by atoms with Crippen LogP contribution in [-0.4, -0.2) is 29.1 Å². The van der Waals surface area contributed by atoms with Crippen molar-refractivity contribution in [2.75, 3.05) is 13.7 Å². The maximum Gasteiger partial charge on any atom is 0.193 e. The van der Waals surface area contributed by atoms with Gasteiger partial charge in [-0.25, -0.2) is 4.98 Å². The lowest BCUT2D eigenvalue weighted by Crippen LogP contribution is -2.25. The molecule has 4 nitrogen and oxygen atoms in total. The normalized spacial score (nSPS) is 13.5. The Labute approximate surface area is 92.9 Å². The van der Waals surface area contributed by atoms with Gasteiger partial charge in [-0.3, -0.25) is 4.40 Å². The Balaban J connectivity index is 1.87. The summed E-state index contributed by atoms with van der Waals surface area (Å²) in [6.07, 6.45) is 4.32. The Kier molecular flexibility index (Phi) is 3.35. The molecule has 0 radical (unpaired) electrons. The van der Waals surface area contributed by atoms with Gasteiger partial charge in [0.15, 0.2) is 4.96 Å². The van der Waals surface area contributed by atoms with E-state index in [4.69, 9.17) is 4.74 Å². The molecule has 0 aliphatic carbocycles. The maximum atomic E-state index is 5.15. The number of rotatable bonds is 5. The van der Waals surface area contributed by atoms with Crippen LogP contribution in [0.1, 0.15) is 12.6 Å². The minimum Gasteiger partial charge on any atom is -0.380 e. The number of hydrogen-bond acceptors (Lipinski definition) is 4. The lowest BCUT2D eigenvalue weighted by molar-refractivity contribution is 0.117. The third-order valence-corrected chi connectivity index (χ3v) is 3.05. The second kappa shape index (κ2) is 4.74. The van der Waals surface area contributed by atoms with Gasteiger partial charge in [-0.2, -0.15) is 0 Å². The zero-order valence-corrected chi connectivity index (χ0v) is 9.75. The molecular formula is C10H15N3OS. The van der Waals surface area contributed by atoms with Gasteiger partial charge in [0.2, 0.25) is 0 Å². The molecule has 0 spiro atoms. The SMILES string of the molecule is COC(C)CNCc1cn2ccsc2n1. The molecule has 0 saturated heterocycles. The molecule has 0 aliphatic heterocycles. The Bertz CT molecular complexity index is 394. The number of nitrogens with one attached hydrogen (secondary N) is 1. The lowest BCUT2D eigenvalue weighted by Gasteiger charge is -2.09. The Morgan fingerprint density at radius 2 is 2.53 bits per heavy atom. The third kappa shape index (κ3) is 2.56. The van der Waals surface area contributed by atoms with Crippen molar-refractivity contribution in [2.45, 2.75) is 19.6 Å². The molecule has 2 heterocycles. The minimum atomic E-state index is 0.244. The van der Waals surface area contributed by atoms with Crippen LogP contribution in [0.25, 0.3) is 4.96 Å². The summed E-state index contributed by atoms with van der Waals surface area (Å²) >= 11 is 1.65. The molecule has 2 rings (SSSR count). The molecule has 15 heavy (non-hydrogen) atoms. The van der Waals surface area contributed by atoms with E-state index in [0.717, 1.165) is 23.7 Å². The first-order valence-electron chi connectivity index (χ1n) is 4.94. The van der Waals surface area contributed by atoms with Crippen molar-refractivity contribution in [1.29, 1.82) is 0 Å². The molecule has 0 amide bonds. The van der Waals surface area contributed by atoms with Gasteiger partial charge in [0.05, 0.1) is 11.8 Å². The first kappa shape index (κ1) is 10.6. The van der Waals surface area contributed by atoms with E-state index in [9.17, 15) is 0 Å². The summed E-state index contributed by atoms with van der Waals surface area (Å²) in [6, 6.07) is 0. The predicted octanol–water partition coefficient (Wildman–Crippen LogP) is 1.52. The van der Waals surface area contributed by atoms with Gasteiger partial charge in [0, 0.05) is 38.0 Å².